The minimum absolute atomic E-state index is 0.107. The Labute approximate surface area is 142 Å². The van der Waals surface area contributed by atoms with Crippen LogP contribution in [-0.2, 0) is 13.0 Å². The van der Waals surface area contributed by atoms with E-state index in [0.717, 1.165) is 42.0 Å². The Hall–Kier alpha value is -2.34. The SMILES string of the molecule is CCOc1ccccc1C(CC)NC(=O)c1n[nH]c2c1CNCC2. The fraction of sp³-hybridized carbons (Fsp3) is 0.444. The number of hydrogen-bond donors (Lipinski definition) is 3. The zero-order valence-electron chi connectivity index (χ0n) is 14.2. The smallest absolute Gasteiger partial charge is 0.272 e. The van der Waals surface area contributed by atoms with Crippen LogP contribution in [0.4, 0.5) is 0 Å². The van der Waals surface area contributed by atoms with Gasteiger partial charge in [0.15, 0.2) is 5.69 Å². The molecule has 0 saturated heterocycles. The molecule has 3 N–H and O–H groups in total. The average Bonchev–Trinajstić information content (AvgIpc) is 3.05. The Morgan fingerprint density at radius 3 is 3.00 bits per heavy atom. The van der Waals surface area contributed by atoms with Gasteiger partial charge in [0.05, 0.1) is 12.6 Å². The summed E-state index contributed by atoms with van der Waals surface area (Å²) in [6.45, 7) is 6.20. The van der Waals surface area contributed by atoms with Gasteiger partial charge in [-0.05, 0) is 19.4 Å². The lowest BCUT2D eigenvalue weighted by molar-refractivity contribution is 0.0928. The highest BCUT2D eigenvalue weighted by Crippen LogP contribution is 2.27. The standard InChI is InChI=1S/C18H24N4O2/c1-3-14(12-7-5-6-8-16(12)24-4-2)20-18(23)17-13-11-19-10-9-15(13)21-22-17/h5-8,14,19H,3-4,9-11H2,1-2H3,(H,20,23)(H,21,22). The number of carbonyl (C=O) groups excluding carboxylic acids is 1. The molecule has 1 unspecified atom stereocenters. The highest BCUT2D eigenvalue weighted by Gasteiger charge is 2.24. The molecule has 0 saturated carbocycles. The van der Waals surface area contributed by atoms with E-state index in [9.17, 15) is 4.79 Å². The van der Waals surface area contributed by atoms with Crippen molar-refractivity contribution in [3.05, 3.63) is 46.8 Å². The summed E-state index contributed by atoms with van der Waals surface area (Å²) in [5.74, 6) is 0.673. The summed E-state index contributed by atoms with van der Waals surface area (Å²) >= 11 is 0. The minimum Gasteiger partial charge on any atom is -0.494 e. The summed E-state index contributed by atoms with van der Waals surface area (Å²) in [5.41, 5.74) is 3.52. The molecule has 128 valence electrons. The van der Waals surface area contributed by atoms with Crippen LogP contribution in [0.5, 0.6) is 5.75 Å². The van der Waals surface area contributed by atoms with Crippen molar-refractivity contribution in [1.29, 1.82) is 0 Å². The molecule has 3 rings (SSSR count). The zero-order valence-corrected chi connectivity index (χ0v) is 14.2. The second-order valence-corrected chi connectivity index (χ2v) is 5.86. The van der Waals surface area contributed by atoms with Crippen molar-refractivity contribution in [3.63, 3.8) is 0 Å². The molecule has 1 aromatic carbocycles. The van der Waals surface area contributed by atoms with Crippen molar-refractivity contribution in [1.82, 2.24) is 20.8 Å². The monoisotopic (exact) mass is 328 g/mol. The zero-order chi connectivity index (χ0) is 16.9. The highest BCUT2D eigenvalue weighted by molar-refractivity contribution is 5.94. The molecule has 6 heteroatoms. The Morgan fingerprint density at radius 2 is 2.21 bits per heavy atom. The van der Waals surface area contributed by atoms with Crippen LogP contribution in [0.15, 0.2) is 24.3 Å². The van der Waals surface area contributed by atoms with Gasteiger partial charge in [-0.25, -0.2) is 0 Å². The Kier molecular flexibility index (Phi) is 5.15. The van der Waals surface area contributed by atoms with E-state index in [1.807, 2.05) is 31.2 Å². The first-order valence-corrected chi connectivity index (χ1v) is 8.54. The van der Waals surface area contributed by atoms with E-state index in [-0.39, 0.29) is 11.9 Å². The maximum absolute atomic E-state index is 12.7. The lowest BCUT2D eigenvalue weighted by Gasteiger charge is -2.20. The number of carbonyl (C=O) groups is 1. The van der Waals surface area contributed by atoms with E-state index >= 15 is 0 Å². The van der Waals surface area contributed by atoms with Crippen LogP contribution < -0.4 is 15.4 Å². The van der Waals surface area contributed by atoms with E-state index in [1.54, 1.807) is 0 Å². The molecule has 2 heterocycles. The fourth-order valence-corrected chi connectivity index (χ4v) is 3.09. The van der Waals surface area contributed by atoms with E-state index in [1.165, 1.54) is 0 Å². The first kappa shape index (κ1) is 16.5. The quantitative estimate of drug-likeness (QED) is 0.760. The Bertz CT molecular complexity index is 711. The Balaban J connectivity index is 1.81. The minimum atomic E-state index is -0.144. The molecule has 1 aliphatic rings. The molecular formula is C18H24N4O2. The number of nitrogens with zero attached hydrogens (tertiary/aromatic N) is 1. The van der Waals surface area contributed by atoms with Gasteiger partial charge in [0.2, 0.25) is 0 Å². The second-order valence-electron chi connectivity index (χ2n) is 5.86. The molecule has 0 spiro atoms. The van der Waals surface area contributed by atoms with Gasteiger partial charge < -0.3 is 15.4 Å². The molecule has 6 nitrogen and oxygen atoms in total. The summed E-state index contributed by atoms with van der Waals surface area (Å²) in [6.07, 6.45) is 1.65. The predicted octanol–water partition coefficient (Wildman–Crippen LogP) is 2.34. The molecule has 0 aliphatic carbocycles. The van der Waals surface area contributed by atoms with Gasteiger partial charge in [0.25, 0.3) is 5.91 Å². The van der Waals surface area contributed by atoms with Gasteiger partial charge in [-0.1, -0.05) is 25.1 Å². The summed E-state index contributed by atoms with van der Waals surface area (Å²) in [5, 5.41) is 13.6. The fourth-order valence-electron chi connectivity index (χ4n) is 3.09. The first-order valence-electron chi connectivity index (χ1n) is 8.54. The largest absolute Gasteiger partial charge is 0.494 e. The highest BCUT2D eigenvalue weighted by atomic mass is 16.5. The number of hydrogen-bond acceptors (Lipinski definition) is 4. The number of rotatable bonds is 6. The first-order chi connectivity index (χ1) is 11.7. The van der Waals surface area contributed by atoms with E-state index in [2.05, 4.69) is 27.8 Å². The lowest BCUT2D eigenvalue weighted by Crippen LogP contribution is -2.31. The van der Waals surface area contributed by atoms with E-state index < -0.39 is 0 Å². The molecule has 2 aromatic rings. The molecule has 0 bridgehead atoms. The third-order valence-electron chi connectivity index (χ3n) is 4.33. The summed E-state index contributed by atoms with van der Waals surface area (Å²) in [6, 6.07) is 7.74. The number of aromatic nitrogens is 2. The number of para-hydroxylation sites is 1. The average molecular weight is 328 g/mol. The van der Waals surface area contributed by atoms with Crippen molar-refractivity contribution in [2.24, 2.45) is 0 Å². The summed E-state index contributed by atoms with van der Waals surface area (Å²) in [4.78, 5) is 12.7. The van der Waals surface area contributed by atoms with Crippen molar-refractivity contribution >= 4 is 5.91 Å². The van der Waals surface area contributed by atoms with Crippen LogP contribution in [0, 0.1) is 0 Å². The van der Waals surface area contributed by atoms with Crippen LogP contribution in [-0.4, -0.2) is 29.3 Å². The number of ether oxygens (including phenoxy) is 1. The maximum atomic E-state index is 12.7. The molecule has 1 aromatic heterocycles. The van der Waals surface area contributed by atoms with Gasteiger partial charge >= 0.3 is 0 Å². The van der Waals surface area contributed by atoms with E-state index in [4.69, 9.17) is 4.74 Å². The third-order valence-corrected chi connectivity index (χ3v) is 4.33. The van der Waals surface area contributed by atoms with Crippen molar-refractivity contribution in [2.45, 2.75) is 39.3 Å². The number of benzene rings is 1. The van der Waals surface area contributed by atoms with Crippen LogP contribution in [0.1, 0.15) is 53.6 Å². The molecule has 1 aliphatic heterocycles. The van der Waals surface area contributed by atoms with Gasteiger partial charge in [-0.3, -0.25) is 9.89 Å². The number of nitrogens with one attached hydrogen (secondary N) is 3. The van der Waals surface area contributed by atoms with Crippen LogP contribution in [0.2, 0.25) is 0 Å². The summed E-state index contributed by atoms with van der Waals surface area (Å²) < 4.78 is 5.70. The topological polar surface area (TPSA) is 79.0 Å². The van der Waals surface area contributed by atoms with Crippen LogP contribution >= 0.6 is 0 Å². The molecule has 24 heavy (non-hydrogen) atoms. The van der Waals surface area contributed by atoms with Crippen molar-refractivity contribution in [3.8, 4) is 5.75 Å². The molecular weight excluding hydrogens is 304 g/mol. The predicted molar refractivity (Wildman–Crippen MR) is 92.1 cm³/mol. The van der Waals surface area contributed by atoms with Gasteiger partial charge in [0.1, 0.15) is 5.75 Å². The maximum Gasteiger partial charge on any atom is 0.272 e. The number of fused-ring (bicyclic) bond motifs is 1. The third kappa shape index (κ3) is 3.28. The van der Waals surface area contributed by atoms with Crippen LogP contribution in [0.25, 0.3) is 0 Å². The Morgan fingerprint density at radius 1 is 1.38 bits per heavy atom. The molecule has 1 amide bonds. The van der Waals surface area contributed by atoms with Gasteiger partial charge in [-0.2, -0.15) is 5.10 Å². The molecule has 0 fully saturated rings. The van der Waals surface area contributed by atoms with Gasteiger partial charge in [0, 0.05) is 36.3 Å². The van der Waals surface area contributed by atoms with Gasteiger partial charge in [-0.15, -0.1) is 0 Å². The van der Waals surface area contributed by atoms with E-state index in [0.29, 0.717) is 18.8 Å². The molecule has 0 radical (unpaired) electrons. The normalized spacial score (nSPS) is 14.8. The second kappa shape index (κ2) is 7.49. The van der Waals surface area contributed by atoms with Crippen LogP contribution in [0.3, 0.4) is 0 Å². The summed E-state index contributed by atoms with van der Waals surface area (Å²) in [7, 11) is 0. The lowest BCUT2D eigenvalue weighted by atomic mass is 10.0. The molecule has 1 atom stereocenters. The number of H-pyrrole nitrogens is 1. The van der Waals surface area contributed by atoms with Crippen molar-refractivity contribution in [2.75, 3.05) is 13.2 Å². The number of aromatic amines is 1. The number of amides is 1. The van der Waals surface area contributed by atoms with Crippen molar-refractivity contribution < 1.29 is 9.53 Å².